The molecule has 0 spiro atoms. The molecular formula is C48H75N5. The first-order valence-electron chi connectivity index (χ1n) is 22.0. The summed E-state index contributed by atoms with van der Waals surface area (Å²) in [5, 5.41) is 18.1. The number of unbranched alkanes of at least 4 members (excludes halogenated alkanes) is 22. The molecule has 0 aromatic heterocycles. The highest BCUT2D eigenvalue weighted by atomic mass is 15.1. The fourth-order valence-electron chi connectivity index (χ4n) is 7.14. The summed E-state index contributed by atoms with van der Waals surface area (Å²) < 4.78 is 0. The van der Waals surface area contributed by atoms with Crippen LogP contribution in [0.15, 0.2) is 87.2 Å². The largest absolute Gasteiger partial charge is 0.372 e. The highest BCUT2D eigenvalue weighted by molar-refractivity contribution is 5.58. The van der Waals surface area contributed by atoms with Gasteiger partial charge in [-0.1, -0.05) is 173 Å². The van der Waals surface area contributed by atoms with Gasteiger partial charge in [0, 0.05) is 18.8 Å². The SMILES string of the molecule is CCCCCCCCCCCCCCN(CCCCCCCCCCCCCC)c1ccc(N=Nc2ccc(N=Nc3ccccc3)c(C)c2)c(C)c1. The third kappa shape index (κ3) is 20.1. The van der Waals surface area contributed by atoms with E-state index in [1.165, 1.54) is 165 Å². The summed E-state index contributed by atoms with van der Waals surface area (Å²) in [6.45, 7) is 11.1. The van der Waals surface area contributed by atoms with Gasteiger partial charge in [-0.05, 0) is 86.3 Å². The number of hydrogen-bond donors (Lipinski definition) is 0. The molecule has 0 saturated carbocycles. The van der Waals surface area contributed by atoms with E-state index in [1.807, 2.05) is 55.5 Å². The van der Waals surface area contributed by atoms with Crippen LogP contribution in [0, 0.1) is 13.8 Å². The molecule has 5 nitrogen and oxygen atoms in total. The van der Waals surface area contributed by atoms with Crippen molar-refractivity contribution in [1.29, 1.82) is 0 Å². The Morgan fingerprint density at radius 3 is 1.21 bits per heavy atom. The van der Waals surface area contributed by atoms with Crippen molar-refractivity contribution in [1.82, 2.24) is 0 Å². The Morgan fingerprint density at radius 1 is 0.377 bits per heavy atom. The zero-order valence-electron chi connectivity index (χ0n) is 34.5. The van der Waals surface area contributed by atoms with Gasteiger partial charge in [0.2, 0.25) is 0 Å². The maximum atomic E-state index is 4.66. The molecule has 0 saturated heterocycles. The fraction of sp³-hybridized carbons (Fsp3) is 0.625. The van der Waals surface area contributed by atoms with Gasteiger partial charge < -0.3 is 4.90 Å². The predicted octanol–water partition coefficient (Wildman–Crippen LogP) is 17.3. The lowest BCUT2D eigenvalue weighted by Gasteiger charge is -2.26. The monoisotopic (exact) mass is 722 g/mol. The van der Waals surface area contributed by atoms with Crippen molar-refractivity contribution in [3.8, 4) is 0 Å². The van der Waals surface area contributed by atoms with Gasteiger partial charge >= 0.3 is 0 Å². The van der Waals surface area contributed by atoms with Crippen LogP contribution in [-0.4, -0.2) is 13.1 Å². The molecule has 3 aromatic carbocycles. The van der Waals surface area contributed by atoms with Crippen LogP contribution < -0.4 is 4.90 Å². The van der Waals surface area contributed by atoms with Gasteiger partial charge in [-0.25, -0.2) is 0 Å². The van der Waals surface area contributed by atoms with Gasteiger partial charge in [0.1, 0.15) is 0 Å². The topological polar surface area (TPSA) is 52.7 Å². The van der Waals surface area contributed by atoms with Crippen molar-refractivity contribution in [2.75, 3.05) is 18.0 Å². The van der Waals surface area contributed by atoms with Gasteiger partial charge in [0.15, 0.2) is 0 Å². The number of hydrogen-bond acceptors (Lipinski definition) is 5. The Labute approximate surface area is 325 Å². The van der Waals surface area contributed by atoms with Crippen LogP contribution in [0.4, 0.5) is 28.4 Å². The molecule has 0 heterocycles. The molecule has 0 amide bonds. The molecule has 0 fully saturated rings. The van der Waals surface area contributed by atoms with Gasteiger partial charge in [-0.3, -0.25) is 0 Å². The van der Waals surface area contributed by atoms with Crippen molar-refractivity contribution < 1.29 is 0 Å². The van der Waals surface area contributed by atoms with Crippen molar-refractivity contribution in [2.24, 2.45) is 20.5 Å². The molecule has 53 heavy (non-hydrogen) atoms. The molecule has 3 rings (SSSR count). The lowest BCUT2D eigenvalue weighted by atomic mass is 10.0. The number of aryl methyl sites for hydroxylation is 2. The van der Waals surface area contributed by atoms with Crippen LogP contribution in [0.5, 0.6) is 0 Å². The molecule has 0 aliphatic rings. The van der Waals surface area contributed by atoms with Crippen LogP contribution in [0.2, 0.25) is 0 Å². The van der Waals surface area contributed by atoms with Crippen molar-refractivity contribution in [3.63, 3.8) is 0 Å². The second kappa shape index (κ2) is 29.1. The first-order chi connectivity index (χ1) is 26.1. The highest BCUT2D eigenvalue weighted by Gasteiger charge is 2.09. The zero-order chi connectivity index (χ0) is 37.6. The smallest absolute Gasteiger partial charge is 0.0887 e. The van der Waals surface area contributed by atoms with Crippen molar-refractivity contribution >= 4 is 28.4 Å². The van der Waals surface area contributed by atoms with Crippen LogP contribution in [0.1, 0.15) is 179 Å². The minimum Gasteiger partial charge on any atom is -0.372 e. The normalized spacial score (nSPS) is 11.7. The van der Waals surface area contributed by atoms with Crippen molar-refractivity contribution in [3.05, 3.63) is 77.9 Å². The van der Waals surface area contributed by atoms with Gasteiger partial charge in [-0.15, -0.1) is 0 Å². The van der Waals surface area contributed by atoms with E-state index < -0.39 is 0 Å². The lowest BCUT2D eigenvalue weighted by molar-refractivity contribution is 0.535. The zero-order valence-corrected chi connectivity index (χ0v) is 34.5. The van der Waals surface area contributed by atoms with Crippen LogP contribution >= 0.6 is 0 Å². The summed E-state index contributed by atoms with van der Waals surface area (Å²) in [5.41, 5.74) is 6.97. The number of nitrogens with zero attached hydrogens (tertiary/aromatic N) is 5. The Kier molecular flexibility index (Phi) is 24.2. The van der Waals surface area contributed by atoms with Gasteiger partial charge in [0.05, 0.1) is 22.7 Å². The fourth-order valence-corrected chi connectivity index (χ4v) is 7.14. The summed E-state index contributed by atoms with van der Waals surface area (Å²) in [4.78, 5) is 2.65. The van der Waals surface area contributed by atoms with Crippen LogP contribution in [0.25, 0.3) is 0 Å². The third-order valence-corrected chi connectivity index (χ3v) is 10.6. The Balaban J connectivity index is 1.48. The molecule has 0 radical (unpaired) electrons. The summed E-state index contributed by atoms with van der Waals surface area (Å²) in [6, 6.07) is 22.5. The van der Waals surface area contributed by atoms with Gasteiger partial charge in [-0.2, -0.15) is 20.5 Å². The summed E-state index contributed by atoms with van der Waals surface area (Å²) >= 11 is 0. The first kappa shape index (κ1) is 44.1. The molecule has 0 N–H and O–H groups in total. The molecular weight excluding hydrogens is 647 g/mol. The lowest BCUT2D eigenvalue weighted by Crippen LogP contribution is -2.25. The number of rotatable bonds is 31. The maximum Gasteiger partial charge on any atom is 0.0887 e. The van der Waals surface area contributed by atoms with E-state index in [1.54, 1.807) is 0 Å². The molecule has 292 valence electrons. The molecule has 0 aliphatic heterocycles. The molecule has 5 heteroatoms. The minimum atomic E-state index is 0.824. The van der Waals surface area contributed by atoms with E-state index in [-0.39, 0.29) is 0 Å². The molecule has 0 unspecified atom stereocenters. The highest BCUT2D eigenvalue weighted by Crippen LogP contribution is 2.30. The standard InChI is InChI=1S/C48H75N5/c1-5-7-9-11-13-15-17-19-21-23-25-30-38-53(39-31-26-24-22-20-18-16-14-12-10-8-6-2)46-35-37-48(43(4)41-46)52-50-45-34-36-47(42(3)40-45)51-49-44-32-28-27-29-33-44/h27-29,32-37,40-41H,5-26,30-31,38-39H2,1-4H3. The average Bonchev–Trinajstić information content (AvgIpc) is 3.17. The molecule has 3 aromatic rings. The van der Waals surface area contributed by atoms with Crippen molar-refractivity contribution in [2.45, 2.75) is 182 Å². The van der Waals surface area contributed by atoms with E-state index in [2.05, 4.69) is 64.3 Å². The summed E-state index contributed by atoms with van der Waals surface area (Å²) in [5.74, 6) is 0. The minimum absolute atomic E-state index is 0.824. The summed E-state index contributed by atoms with van der Waals surface area (Å²) in [6.07, 6.45) is 33.4. The van der Waals surface area contributed by atoms with Crippen LogP contribution in [-0.2, 0) is 0 Å². The Hall–Kier alpha value is -3.34. The molecule has 0 aliphatic carbocycles. The molecule has 0 bridgehead atoms. The van der Waals surface area contributed by atoms with E-state index in [0.29, 0.717) is 0 Å². The Bertz CT molecular complexity index is 1370. The second-order valence-corrected chi connectivity index (χ2v) is 15.4. The maximum absolute atomic E-state index is 4.66. The Morgan fingerprint density at radius 2 is 0.774 bits per heavy atom. The van der Waals surface area contributed by atoms with Gasteiger partial charge in [0.25, 0.3) is 0 Å². The van der Waals surface area contributed by atoms with Crippen LogP contribution in [0.3, 0.4) is 0 Å². The predicted molar refractivity (Wildman–Crippen MR) is 232 cm³/mol. The number of azo groups is 2. The van der Waals surface area contributed by atoms with E-state index >= 15 is 0 Å². The average molecular weight is 722 g/mol. The van der Waals surface area contributed by atoms with E-state index in [9.17, 15) is 0 Å². The van der Waals surface area contributed by atoms with E-state index in [0.717, 1.165) is 41.4 Å². The number of benzene rings is 3. The number of anilines is 1. The third-order valence-electron chi connectivity index (χ3n) is 10.6. The summed E-state index contributed by atoms with van der Waals surface area (Å²) in [7, 11) is 0. The second-order valence-electron chi connectivity index (χ2n) is 15.4. The van der Waals surface area contributed by atoms with E-state index in [4.69, 9.17) is 0 Å². The first-order valence-corrected chi connectivity index (χ1v) is 22.0. The molecule has 0 atom stereocenters. The quantitative estimate of drug-likeness (QED) is 0.0482.